The summed E-state index contributed by atoms with van der Waals surface area (Å²) >= 11 is 0. The average Bonchev–Trinajstić information content (AvgIpc) is 3.03. The SMILES string of the molecule is O=C(Cc1cccc(C(F)(F)F)c1)OCC(=O)c1c[nH]c2ccccc12. The van der Waals surface area contributed by atoms with Crippen molar-refractivity contribution >= 4 is 22.7 Å². The zero-order valence-electron chi connectivity index (χ0n) is 13.5. The molecule has 26 heavy (non-hydrogen) atoms. The van der Waals surface area contributed by atoms with Gasteiger partial charge in [0.15, 0.2) is 6.61 Å². The second-order valence-electron chi connectivity index (χ2n) is 5.71. The van der Waals surface area contributed by atoms with Gasteiger partial charge in [-0.1, -0.05) is 36.4 Å². The first-order valence-electron chi connectivity index (χ1n) is 7.75. The number of ether oxygens (including phenoxy) is 1. The van der Waals surface area contributed by atoms with Gasteiger partial charge >= 0.3 is 12.1 Å². The van der Waals surface area contributed by atoms with Crippen molar-refractivity contribution in [2.75, 3.05) is 6.61 Å². The molecule has 0 saturated carbocycles. The van der Waals surface area contributed by atoms with Gasteiger partial charge in [-0.15, -0.1) is 0 Å². The van der Waals surface area contributed by atoms with Crippen molar-refractivity contribution in [3.8, 4) is 0 Å². The number of para-hydroxylation sites is 1. The van der Waals surface area contributed by atoms with E-state index in [1.807, 2.05) is 12.1 Å². The zero-order valence-corrected chi connectivity index (χ0v) is 13.5. The number of halogens is 3. The Balaban J connectivity index is 1.61. The number of hydrogen-bond donors (Lipinski definition) is 1. The second-order valence-corrected chi connectivity index (χ2v) is 5.71. The van der Waals surface area contributed by atoms with Gasteiger partial charge in [-0.3, -0.25) is 9.59 Å². The van der Waals surface area contributed by atoms with Crippen LogP contribution in [0.3, 0.4) is 0 Å². The normalized spacial score (nSPS) is 11.5. The van der Waals surface area contributed by atoms with E-state index >= 15 is 0 Å². The van der Waals surface area contributed by atoms with Gasteiger partial charge in [0, 0.05) is 22.7 Å². The number of alkyl halides is 3. The number of carbonyl (C=O) groups is 2. The molecule has 1 N–H and O–H groups in total. The fourth-order valence-corrected chi connectivity index (χ4v) is 2.60. The molecule has 134 valence electrons. The van der Waals surface area contributed by atoms with Crippen LogP contribution in [0.1, 0.15) is 21.5 Å². The minimum absolute atomic E-state index is 0.171. The van der Waals surface area contributed by atoms with E-state index in [1.54, 1.807) is 12.1 Å². The van der Waals surface area contributed by atoms with Gasteiger partial charge in [-0.25, -0.2) is 0 Å². The molecule has 0 spiro atoms. The van der Waals surface area contributed by atoms with Crippen molar-refractivity contribution in [2.45, 2.75) is 12.6 Å². The van der Waals surface area contributed by atoms with Crippen LogP contribution < -0.4 is 0 Å². The molecule has 0 atom stereocenters. The molecule has 1 aromatic heterocycles. The number of rotatable bonds is 5. The van der Waals surface area contributed by atoms with Gasteiger partial charge in [0.05, 0.1) is 12.0 Å². The number of H-pyrrole nitrogens is 1. The molecule has 4 nitrogen and oxygen atoms in total. The molecule has 1 heterocycles. The lowest BCUT2D eigenvalue weighted by Crippen LogP contribution is -2.16. The lowest BCUT2D eigenvalue weighted by Gasteiger charge is -2.08. The van der Waals surface area contributed by atoms with Crippen molar-refractivity contribution in [1.29, 1.82) is 0 Å². The largest absolute Gasteiger partial charge is 0.457 e. The predicted octanol–water partition coefficient (Wildman–Crippen LogP) is 4.16. The maximum absolute atomic E-state index is 12.7. The van der Waals surface area contributed by atoms with Crippen LogP contribution in [-0.4, -0.2) is 23.3 Å². The number of carbonyl (C=O) groups excluding carboxylic acids is 2. The minimum atomic E-state index is -4.48. The summed E-state index contributed by atoms with van der Waals surface area (Å²) in [6.45, 7) is -0.473. The second kappa shape index (κ2) is 7.03. The first-order chi connectivity index (χ1) is 12.3. The first kappa shape index (κ1) is 17.7. The molecule has 0 unspecified atom stereocenters. The maximum Gasteiger partial charge on any atom is 0.416 e. The van der Waals surface area contributed by atoms with Crippen LogP contribution in [0, 0.1) is 0 Å². The van der Waals surface area contributed by atoms with Crippen LogP contribution in [0.5, 0.6) is 0 Å². The Morgan fingerprint density at radius 1 is 1.04 bits per heavy atom. The smallest absolute Gasteiger partial charge is 0.416 e. The molecule has 0 fully saturated rings. The van der Waals surface area contributed by atoms with E-state index in [0.29, 0.717) is 10.9 Å². The fraction of sp³-hybridized carbons (Fsp3) is 0.158. The van der Waals surface area contributed by atoms with Gasteiger partial charge in [0.1, 0.15) is 0 Å². The Hall–Kier alpha value is -3.09. The Kier molecular flexibility index (Phi) is 4.79. The Bertz CT molecular complexity index is 960. The van der Waals surface area contributed by atoms with Crippen LogP contribution >= 0.6 is 0 Å². The summed E-state index contributed by atoms with van der Waals surface area (Å²) in [7, 11) is 0. The van der Waals surface area contributed by atoms with Gasteiger partial charge < -0.3 is 9.72 Å². The van der Waals surface area contributed by atoms with Crippen molar-refractivity contribution in [1.82, 2.24) is 4.98 Å². The third kappa shape index (κ3) is 3.93. The molecule has 0 aliphatic carbocycles. The molecule has 3 aromatic rings. The Labute approximate surface area is 146 Å². The van der Waals surface area contributed by atoms with E-state index in [9.17, 15) is 22.8 Å². The first-order valence-corrected chi connectivity index (χ1v) is 7.75. The van der Waals surface area contributed by atoms with Crippen molar-refractivity contribution in [3.05, 3.63) is 71.4 Å². The van der Waals surface area contributed by atoms with E-state index in [0.717, 1.165) is 17.6 Å². The zero-order chi connectivity index (χ0) is 18.7. The monoisotopic (exact) mass is 361 g/mol. The number of fused-ring (bicyclic) bond motifs is 1. The molecule has 0 radical (unpaired) electrons. The summed E-state index contributed by atoms with van der Waals surface area (Å²) < 4.78 is 43.0. The van der Waals surface area contributed by atoms with E-state index in [1.165, 1.54) is 18.3 Å². The number of benzene rings is 2. The number of hydrogen-bond acceptors (Lipinski definition) is 3. The topological polar surface area (TPSA) is 59.2 Å². The summed E-state index contributed by atoms with van der Waals surface area (Å²) in [6.07, 6.45) is -3.29. The van der Waals surface area contributed by atoms with E-state index in [2.05, 4.69) is 4.98 Å². The highest BCUT2D eigenvalue weighted by Crippen LogP contribution is 2.29. The molecule has 3 rings (SSSR count). The van der Waals surface area contributed by atoms with Crippen molar-refractivity contribution in [3.63, 3.8) is 0 Å². The van der Waals surface area contributed by atoms with Crippen LogP contribution in [-0.2, 0) is 22.1 Å². The fourth-order valence-electron chi connectivity index (χ4n) is 2.60. The molecule has 0 bridgehead atoms. The summed E-state index contributed by atoms with van der Waals surface area (Å²) in [5.41, 5.74) is 0.514. The molecular weight excluding hydrogens is 347 g/mol. The predicted molar refractivity (Wildman–Crippen MR) is 88.7 cm³/mol. The third-order valence-corrected chi connectivity index (χ3v) is 3.86. The summed E-state index contributed by atoms with van der Waals surface area (Å²) in [5, 5.41) is 0.714. The third-order valence-electron chi connectivity index (χ3n) is 3.86. The highest BCUT2D eigenvalue weighted by Gasteiger charge is 2.30. The Morgan fingerprint density at radius 2 is 1.81 bits per heavy atom. The summed E-state index contributed by atoms with van der Waals surface area (Å²) in [5.74, 6) is -1.16. The highest BCUT2D eigenvalue weighted by molar-refractivity contribution is 6.08. The highest BCUT2D eigenvalue weighted by atomic mass is 19.4. The van der Waals surface area contributed by atoms with E-state index < -0.39 is 24.3 Å². The molecule has 0 aliphatic rings. The number of aromatic amines is 1. The quantitative estimate of drug-likeness (QED) is 0.548. The summed E-state index contributed by atoms with van der Waals surface area (Å²) in [6, 6.07) is 11.6. The number of Topliss-reactive ketones (excluding diaryl/α,β-unsaturated/α-hetero) is 1. The molecule has 0 amide bonds. The van der Waals surface area contributed by atoms with Crippen molar-refractivity contribution < 1.29 is 27.5 Å². The number of ketones is 1. The van der Waals surface area contributed by atoms with Crippen molar-refractivity contribution in [2.24, 2.45) is 0 Å². The van der Waals surface area contributed by atoms with Gasteiger partial charge in [-0.05, 0) is 17.7 Å². The molecule has 7 heteroatoms. The van der Waals surface area contributed by atoms with Crippen LogP contribution in [0.25, 0.3) is 10.9 Å². The molecule has 0 saturated heterocycles. The molecule has 2 aromatic carbocycles. The van der Waals surface area contributed by atoms with Gasteiger partial charge in [0.2, 0.25) is 5.78 Å². The number of nitrogens with one attached hydrogen (secondary N) is 1. The lowest BCUT2D eigenvalue weighted by atomic mass is 10.1. The maximum atomic E-state index is 12.7. The average molecular weight is 361 g/mol. The molecule has 0 aliphatic heterocycles. The van der Waals surface area contributed by atoms with Crippen LogP contribution in [0.15, 0.2) is 54.7 Å². The van der Waals surface area contributed by atoms with Gasteiger partial charge in [-0.2, -0.15) is 13.2 Å². The van der Waals surface area contributed by atoms with Gasteiger partial charge in [0.25, 0.3) is 0 Å². The number of esters is 1. The van der Waals surface area contributed by atoms with Crippen LogP contribution in [0.4, 0.5) is 13.2 Å². The van der Waals surface area contributed by atoms with E-state index in [-0.39, 0.29) is 17.8 Å². The van der Waals surface area contributed by atoms with E-state index in [4.69, 9.17) is 4.74 Å². The standard InChI is InChI=1S/C19H14F3NO3/c20-19(21,22)13-5-3-4-12(8-13)9-18(25)26-11-17(24)15-10-23-16-7-2-1-6-14(15)16/h1-8,10,23H,9,11H2. The summed E-state index contributed by atoms with van der Waals surface area (Å²) in [4.78, 5) is 27.0. The Morgan fingerprint density at radius 3 is 2.58 bits per heavy atom. The minimum Gasteiger partial charge on any atom is -0.457 e. The lowest BCUT2D eigenvalue weighted by molar-refractivity contribution is -0.142. The number of aromatic nitrogens is 1. The molecular formula is C19H14F3NO3. The van der Waals surface area contributed by atoms with Crippen LogP contribution in [0.2, 0.25) is 0 Å².